The van der Waals surface area contributed by atoms with Crippen molar-refractivity contribution in [2.45, 2.75) is 32.4 Å². The summed E-state index contributed by atoms with van der Waals surface area (Å²) in [5.41, 5.74) is 1.28. The van der Waals surface area contributed by atoms with E-state index in [0.717, 1.165) is 44.9 Å². The van der Waals surface area contributed by atoms with Crippen LogP contribution >= 0.6 is 0 Å². The Kier molecular flexibility index (Phi) is 5.42. The number of nitrogens with one attached hydrogen (secondary N) is 1. The molecule has 0 radical (unpaired) electrons. The lowest BCUT2D eigenvalue weighted by Crippen LogP contribution is -2.24. The molecule has 1 aromatic heterocycles. The summed E-state index contributed by atoms with van der Waals surface area (Å²) in [6, 6.07) is 12.4. The van der Waals surface area contributed by atoms with Crippen LogP contribution in [0.5, 0.6) is 0 Å². The molecule has 0 spiro atoms. The molecular formula is C18H24N4O. The molecule has 1 aliphatic heterocycles. The summed E-state index contributed by atoms with van der Waals surface area (Å²) < 4.78 is 5.62. The molecule has 3 rings (SSSR count). The van der Waals surface area contributed by atoms with Gasteiger partial charge >= 0.3 is 0 Å². The van der Waals surface area contributed by atoms with Crippen molar-refractivity contribution in [3.8, 4) is 0 Å². The van der Waals surface area contributed by atoms with E-state index in [0.29, 0.717) is 5.95 Å². The fourth-order valence-electron chi connectivity index (χ4n) is 2.78. The Balaban J connectivity index is 1.64. The van der Waals surface area contributed by atoms with Gasteiger partial charge in [-0.1, -0.05) is 30.3 Å². The van der Waals surface area contributed by atoms with Crippen LogP contribution in [0.25, 0.3) is 0 Å². The first-order valence-electron chi connectivity index (χ1n) is 8.32. The van der Waals surface area contributed by atoms with Gasteiger partial charge in [0.1, 0.15) is 5.82 Å². The molecule has 0 bridgehead atoms. The third kappa shape index (κ3) is 4.42. The fraction of sp³-hybridized carbons (Fsp3) is 0.444. The van der Waals surface area contributed by atoms with Gasteiger partial charge in [0.25, 0.3) is 0 Å². The Morgan fingerprint density at radius 2 is 2.13 bits per heavy atom. The highest BCUT2D eigenvalue weighted by atomic mass is 16.5. The SMILES string of the molecule is CCN(Cc1ccccc1)c1ccnc(NCC2CCCO2)n1. The van der Waals surface area contributed by atoms with Crippen molar-refractivity contribution in [1.82, 2.24) is 9.97 Å². The van der Waals surface area contributed by atoms with Crippen LogP contribution in [-0.2, 0) is 11.3 Å². The Bertz CT molecular complexity index is 599. The van der Waals surface area contributed by atoms with Crippen molar-refractivity contribution in [2.24, 2.45) is 0 Å². The standard InChI is InChI=1S/C18H24N4O/c1-2-22(14-15-7-4-3-5-8-15)17-10-11-19-18(21-17)20-13-16-9-6-12-23-16/h3-5,7-8,10-11,16H,2,6,9,12-14H2,1H3,(H,19,20,21). The Morgan fingerprint density at radius 3 is 2.87 bits per heavy atom. The van der Waals surface area contributed by atoms with Crippen molar-refractivity contribution in [3.05, 3.63) is 48.2 Å². The van der Waals surface area contributed by atoms with Crippen molar-refractivity contribution < 1.29 is 4.74 Å². The number of rotatable bonds is 7. The average molecular weight is 312 g/mol. The van der Waals surface area contributed by atoms with Crippen molar-refractivity contribution in [1.29, 1.82) is 0 Å². The maximum Gasteiger partial charge on any atom is 0.224 e. The molecule has 1 saturated heterocycles. The summed E-state index contributed by atoms with van der Waals surface area (Å²) in [6.45, 7) is 5.53. The van der Waals surface area contributed by atoms with Gasteiger partial charge in [0.05, 0.1) is 6.10 Å². The molecule has 1 unspecified atom stereocenters. The molecule has 122 valence electrons. The van der Waals surface area contributed by atoms with E-state index in [2.05, 4.69) is 51.4 Å². The largest absolute Gasteiger partial charge is 0.376 e. The molecule has 1 aromatic carbocycles. The molecule has 1 fully saturated rings. The average Bonchev–Trinajstić information content (AvgIpc) is 3.12. The smallest absolute Gasteiger partial charge is 0.224 e. The normalized spacial score (nSPS) is 17.2. The van der Waals surface area contributed by atoms with Gasteiger partial charge in [0.15, 0.2) is 0 Å². The van der Waals surface area contributed by atoms with Crippen LogP contribution in [0.1, 0.15) is 25.3 Å². The van der Waals surface area contributed by atoms with Gasteiger partial charge in [-0.15, -0.1) is 0 Å². The zero-order valence-corrected chi connectivity index (χ0v) is 13.6. The number of hydrogen-bond acceptors (Lipinski definition) is 5. The summed E-state index contributed by atoms with van der Waals surface area (Å²) in [4.78, 5) is 11.2. The molecule has 1 aliphatic rings. The first kappa shape index (κ1) is 15.7. The van der Waals surface area contributed by atoms with Gasteiger partial charge in [-0.2, -0.15) is 4.98 Å². The minimum atomic E-state index is 0.286. The molecule has 2 aromatic rings. The van der Waals surface area contributed by atoms with Gasteiger partial charge in [0, 0.05) is 32.4 Å². The van der Waals surface area contributed by atoms with E-state index in [1.54, 1.807) is 0 Å². The minimum absolute atomic E-state index is 0.286. The first-order chi connectivity index (χ1) is 11.3. The second-order valence-corrected chi connectivity index (χ2v) is 5.75. The summed E-state index contributed by atoms with van der Waals surface area (Å²) >= 11 is 0. The summed E-state index contributed by atoms with van der Waals surface area (Å²) in [5.74, 6) is 1.62. The van der Waals surface area contributed by atoms with E-state index >= 15 is 0 Å². The zero-order valence-electron chi connectivity index (χ0n) is 13.6. The number of benzene rings is 1. The van der Waals surface area contributed by atoms with Crippen LogP contribution in [0.2, 0.25) is 0 Å². The molecular weight excluding hydrogens is 288 g/mol. The second kappa shape index (κ2) is 7.92. The van der Waals surface area contributed by atoms with E-state index in [1.807, 2.05) is 18.3 Å². The molecule has 0 amide bonds. The predicted molar refractivity (Wildman–Crippen MR) is 92.7 cm³/mol. The molecule has 23 heavy (non-hydrogen) atoms. The van der Waals surface area contributed by atoms with Crippen LogP contribution < -0.4 is 10.2 Å². The summed E-state index contributed by atoms with van der Waals surface area (Å²) in [6.07, 6.45) is 4.36. The Morgan fingerprint density at radius 1 is 1.26 bits per heavy atom. The highest BCUT2D eigenvalue weighted by Gasteiger charge is 2.15. The number of hydrogen-bond donors (Lipinski definition) is 1. The lowest BCUT2D eigenvalue weighted by atomic mass is 10.2. The Hall–Kier alpha value is -2.14. The van der Waals surface area contributed by atoms with Gasteiger partial charge in [-0.25, -0.2) is 4.98 Å². The second-order valence-electron chi connectivity index (χ2n) is 5.75. The highest BCUT2D eigenvalue weighted by Crippen LogP contribution is 2.16. The topological polar surface area (TPSA) is 50.3 Å². The van der Waals surface area contributed by atoms with E-state index in [1.165, 1.54) is 5.56 Å². The molecule has 5 nitrogen and oxygen atoms in total. The molecule has 1 N–H and O–H groups in total. The van der Waals surface area contributed by atoms with E-state index in [4.69, 9.17) is 4.74 Å². The molecule has 0 aliphatic carbocycles. The first-order valence-corrected chi connectivity index (χ1v) is 8.32. The maximum absolute atomic E-state index is 5.62. The van der Waals surface area contributed by atoms with Crippen LogP contribution in [0, 0.1) is 0 Å². The Labute approximate surface area is 137 Å². The maximum atomic E-state index is 5.62. The van der Waals surface area contributed by atoms with Crippen molar-refractivity contribution in [3.63, 3.8) is 0 Å². The molecule has 2 heterocycles. The number of ether oxygens (including phenoxy) is 1. The van der Waals surface area contributed by atoms with Crippen LogP contribution in [-0.4, -0.2) is 35.8 Å². The van der Waals surface area contributed by atoms with E-state index in [9.17, 15) is 0 Å². The van der Waals surface area contributed by atoms with Gasteiger partial charge in [0.2, 0.25) is 5.95 Å². The quantitative estimate of drug-likeness (QED) is 0.851. The lowest BCUT2D eigenvalue weighted by Gasteiger charge is -2.22. The summed E-state index contributed by atoms with van der Waals surface area (Å²) in [7, 11) is 0. The van der Waals surface area contributed by atoms with Crippen molar-refractivity contribution >= 4 is 11.8 Å². The number of aromatic nitrogens is 2. The van der Waals surface area contributed by atoms with Crippen LogP contribution in [0.4, 0.5) is 11.8 Å². The molecule has 5 heteroatoms. The van der Waals surface area contributed by atoms with Crippen LogP contribution in [0.3, 0.4) is 0 Å². The van der Waals surface area contributed by atoms with Gasteiger partial charge in [-0.05, 0) is 31.4 Å². The third-order valence-electron chi connectivity index (χ3n) is 4.07. The zero-order chi connectivity index (χ0) is 15.9. The predicted octanol–water partition coefficient (Wildman–Crippen LogP) is 3.09. The fourth-order valence-corrected chi connectivity index (χ4v) is 2.78. The third-order valence-corrected chi connectivity index (χ3v) is 4.07. The highest BCUT2D eigenvalue weighted by molar-refractivity contribution is 5.43. The lowest BCUT2D eigenvalue weighted by molar-refractivity contribution is 0.120. The molecule has 0 saturated carbocycles. The summed E-state index contributed by atoms with van der Waals surface area (Å²) in [5, 5.41) is 3.30. The minimum Gasteiger partial charge on any atom is -0.376 e. The van der Waals surface area contributed by atoms with E-state index < -0.39 is 0 Å². The van der Waals surface area contributed by atoms with E-state index in [-0.39, 0.29) is 6.10 Å². The molecule has 1 atom stereocenters. The number of nitrogens with zero attached hydrogens (tertiary/aromatic N) is 3. The van der Waals surface area contributed by atoms with Crippen LogP contribution in [0.15, 0.2) is 42.6 Å². The monoisotopic (exact) mass is 312 g/mol. The van der Waals surface area contributed by atoms with Gasteiger partial charge < -0.3 is 15.0 Å². The number of anilines is 2. The van der Waals surface area contributed by atoms with Crippen molar-refractivity contribution in [2.75, 3.05) is 29.9 Å². The van der Waals surface area contributed by atoms with Gasteiger partial charge in [-0.3, -0.25) is 0 Å².